The van der Waals surface area contributed by atoms with Crippen LogP contribution in [0.25, 0.3) is 0 Å². The van der Waals surface area contributed by atoms with E-state index in [1.54, 1.807) is 38.5 Å². The monoisotopic (exact) mass is 715 g/mol. The van der Waals surface area contributed by atoms with Crippen molar-refractivity contribution < 1.29 is 51.9 Å². The van der Waals surface area contributed by atoms with Gasteiger partial charge in [-0.05, 0) is 75.9 Å². The Morgan fingerprint density at radius 2 is 1.75 bits per heavy atom. The Labute approximate surface area is 293 Å². The number of hydrogen-bond donors (Lipinski definition) is 4. The van der Waals surface area contributed by atoms with E-state index in [1.807, 2.05) is 13.8 Å². The number of piperidine rings is 2. The van der Waals surface area contributed by atoms with Gasteiger partial charge in [0.25, 0.3) is 5.91 Å². The number of anilines is 1. The zero-order chi connectivity index (χ0) is 36.5. The van der Waals surface area contributed by atoms with Gasteiger partial charge in [-0.1, -0.05) is 12.1 Å². The van der Waals surface area contributed by atoms with Gasteiger partial charge in [0.05, 0.1) is 23.5 Å². The van der Waals surface area contributed by atoms with E-state index in [1.165, 1.54) is 12.1 Å². The Morgan fingerprint density at radius 1 is 1.04 bits per heavy atom. The Hall–Kier alpha value is -3.27. The predicted molar refractivity (Wildman–Crippen MR) is 176 cm³/mol. The summed E-state index contributed by atoms with van der Waals surface area (Å²) in [6.07, 6.45) is -3.07. The number of alkyl halides is 3. The van der Waals surface area contributed by atoms with Crippen molar-refractivity contribution in [1.29, 1.82) is 0 Å². The third-order valence-electron chi connectivity index (χ3n) is 13.8. The zero-order valence-electron chi connectivity index (χ0n) is 28.9. The van der Waals surface area contributed by atoms with E-state index in [2.05, 4.69) is 15.0 Å². The van der Waals surface area contributed by atoms with Crippen LogP contribution < -0.4 is 15.8 Å². The van der Waals surface area contributed by atoms with Crippen LogP contribution in [0.3, 0.4) is 0 Å². The minimum absolute atomic E-state index is 0.0562. The lowest BCUT2D eigenvalue weighted by atomic mass is 9.55. The largest absolute Gasteiger partial charge is 0.573 e. The number of carbonyl (C=O) groups is 2. The number of hydrogen-bond acceptors (Lipinski definition) is 10. The van der Waals surface area contributed by atoms with Gasteiger partial charge in [0.2, 0.25) is 0 Å². The molecule has 0 radical (unpaired) electrons. The number of esters is 1. The summed E-state index contributed by atoms with van der Waals surface area (Å²) in [6, 6.07) is 9.75. The quantitative estimate of drug-likeness (QED) is 0.297. The van der Waals surface area contributed by atoms with Gasteiger partial charge in [-0.25, -0.2) is 4.79 Å². The molecule has 51 heavy (non-hydrogen) atoms. The minimum atomic E-state index is -4.87. The summed E-state index contributed by atoms with van der Waals surface area (Å²) < 4.78 is 60.5. The molecule has 11 nitrogen and oxygen atoms in total. The van der Waals surface area contributed by atoms with Crippen LogP contribution in [0.1, 0.15) is 66.7 Å². The third-order valence-corrected chi connectivity index (χ3v) is 13.8. The Morgan fingerprint density at radius 3 is 2.39 bits per heavy atom. The van der Waals surface area contributed by atoms with Crippen LogP contribution in [-0.4, -0.2) is 100 Å². The van der Waals surface area contributed by atoms with E-state index >= 15 is 0 Å². The number of carbonyl (C=O) groups excluding carboxylic acids is 2. The first-order chi connectivity index (χ1) is 24.1. The third kappa shape index (κ3) is 4.40. The minimum Gasteiger partial charge on any atom is -0.453 e. The van der Waals surface area contributed by atoms with Crippen LogP contribution in [0.2, 0.25) is 0 Å². The molecule has 14 atom stereocenters. The molecule has 6 fully saturated rings. The molecule has 2 aromatic rings. The maximum Gasteiger partial charge on any atom is 0.573 e. The summed E-state index contributed by atoms with van der Waals surface area (Å²) >= 11 is 0. The van der Waals surface area contributed by atoms with Gasteiger partial charge in [0.1, 0.15) is 22.6 Å². The molecule has 6 unspecified atom stereocenters. The van der Waals surface area contributed by atoms with Crippen LogP contribution in [-0.2, 0) is 14.2 Å². The van der Waals surface area contributed by atoms with Gasteiger partial charge in [-0.15, -0.1) is 13.2 Å². The molecule has 7 bridgehead atoms. The summed E-state index contributed by atoms with van der Waals surface area (Å²) in [6.45, 7) is 3.95. The molecule has 3 saturated carbocycles. The fourth-order valence-electron chi connectivity index (χ4n) is 12.3. The van der Waals surface area contributed by atoms with Crippen molar-refractivity contribution in [2.24, 2.45) is 29.4 Å². The van der Waals surface area contributed by atoms with Gasteiger partial charge < -0.3 is 40.2 Å². The Balaban J connectivity index is 1.13. The van der Waals surface area contributed by atoms with Crippen molar-refractivity contribution >= 4 is 17.6 Å². The SMILES string of the molecule is CO[C@H]1C[C@]2(O)C3CC4C5(CCC([C@H](C)N)[C@@]4(OC(=O)c4ccccc4NC(=O)c4ccc(OC(F)(F)F)cc4)[C@H](C)N35)C3C[C@H]1[C@H](OC)[C@@]32O. The number of fused-ring (bicyclic) bond motifs is 2. The highest BCUT2D eigenvalue weighted by Gasteiger charge is 2.90. The van der Waals surface area contributed by atoms with Crippen LogP contribution in [0.4, 0.5) is 18.9 Å². The molecule has 1 amide bonds. The van der Waals surface area contributed by atoms with Crippen LogP contribution in [0.15, 0.2) is 48.5 Å². The molecule has 5 N–H and O–H groups in total. The van der Waals surface area contributed by atoms with E-state index in [-0.39, 0.29) is 65.1 Å². The number of rotatable bonds is 8. The molecule has 0 aromatic heterocycles. The summed E-state index contributed by atoms with van der Waals surface area (Å²) in [5.74, 6) is -2.74. The number of methoxy groups -OCH3 is 2. The first-order valence-electron chi connectivity index (χ1n) is 17.6. The van der Waals surface area contributed by atoms with E-state index in [4.69, 9.17) is 19.9 Å². The molecule has 3 heterocycles. The smallest absolute Gasteiger partial charge is 0.453 e. The first-order valence-corrected chi connectivity index (χ1v) is 17.6. The number of nitrogens with one attached hydrogen (secondary N) is 1. The molecule has 1 spiro atoms. The molecule has 14 heteroatoms. The fourth-order valence-corrected chi connectivity index (χ4v) is 12.3. The van der Waals surface area contributed by atoms with Gasteiger partial charge >= 0.3 is 12.3 Å². The van der Waals surface area contributed by atoms with Crippen molar-refractivity contribution in [2.75, 3.05) is 19.5 Å². The first kappa shape index (κ1) is 34.8. The molecule has 6 aliphatic rings. The van der Waals surface area contributed by atoms with E-state index in [9.17, 15) is 33.0 Å². The van der Waals surface area contributed by atoms with E-state index < -0.39 is 58.5 Å². The van der Waals surface area contributed by atoms with Crippen molar-refractivity contribution in [2.45, 2.75) is 105 Å². The van der Waals surface area contributed by atoms with Crippen LogP contribution >= 0.6 is 0 Å². The molecule has 8 rings (SSSR count). The Bertz CT molecular complexity index is 1740. The zero-order valence-corrected chi connectivity index (χ0v) is 28.9. The van der Waals surface area contributed by atoms with Crippen molar-refractivity contribution in [3.63, 3.8) is 0 Å². The van der Waals surface area contributed by atoms with E-state index in [0.717, 1.165) is 12.1 Å². The van der Waals surface area contributed by atoms with Crippen molar-refractivity contribution in [3.05, 3.63) is 59.7 Å². The molecule has 2 aromatic carbocycles. The lowest BCUT2D eigenvalue weighted by Crippen LogP contribution is -2.81. The molecule has 276 valence electrons. The van der Waals surface area contributed by atoms with Crippen molar-refractivity contribution in [3.8, 4) is 5.75 Å². The maximum absolute atomic E-state index is 14.5. The number of ether oxygens (including phenoxy) is 4. The van der Waals surface area contributed by atoms with Crippen molar-refractivity contribution in [1.82, 2.24) is 4.90 Å². The second-order valence-corrected chi connectivity index (χ2v) is 15.5. The maximum atomic E-state index is 14.5. The average molecular weight is 716 g/mol. The highest BCUT2D eigenvalue weighted by atomic mass is 19.4. The molecular formula is C37H44F3N3O8. The molecule has 3 aliphatic carbocycles. The predicted octanol–water partition coefficient (Wildman–Crippen LogP) is 3.87. The van der Waals surface area contributed by atoms with Crippen LogP contribution in [0, 0.1) is 23.7 Å². The molecule has 3 aliphatic heterocycles. The summed E-state index contributed by atoms with van der Waals surface area (Å²) in [4.78, 5) is 30.1. The fraction of sp³-hybridized carbons (Fsp3) is 0.622. The number of benzene rings is 2. The topological polar surface area (TPSA) is 153 Å². The number of para-hydroxylation sites is 1. The second kappa shape index (κ2) is 11.4. The lowest BCUT2D eigenvalue weighted by Gasteiger charge is -2.63. The van der Waals surface area contributed by atoms with E-state index in [0.29, 0.717) is 25.7 Å². The number of nitrogens with two attached hydrogens (primary N) is 1. The standard InChI is InChI=1S/C37H44F3N3O8/c1-18(41)24-13-14-33-27-16-29(34(46)17-26(48-3)23-15-28(33)36(34,47)30(23)49-4)43(33)19(2)35(24,27)51-32(45)22-7-5-6-8-25(22)42-31(44)20-9-11-21(12-10-20)50-37(38,39)40/h5-12,18-19,23-24,26-30,46-47H,13-17,41H2,1-4H3,(H,42,44)/t18-,19-,23+,24?,26-,27?,28?,29?,30-,33?,34-,35-,36-/m0/s1. The Kier molecular flexibility index (Phi) is 7.75. The van der Waals surface area contributed by atoms with Gasteiger partial charge in [0.15, 0.2) is 0 Å². The summed E-state index contributed by atoms with van der Waals surface area (Å²) in [5.41, 5.74) is 2.35. The highest BCUT2D eigenvalue weighted by molar-refractivity contribution is 6.08. The number of aliphatic hydroxyl groups is 2. The summed E-state index contributed by atoms with van der Waals surface area (Å²) in [7, 11) is 3.22. The number of halogens is 3. The average Bonchev–Trinajstić information content (AvgIpc) is 3.60. The van der Waals surface area contributed by atoms with Gasteiger partial charge in [0, 0.05) is 73.5 Å². The second-order valence-electron chi connectivity index (χ2n) is 15.5. The number of amides is 1. The lowest BCUT2D eigenvalue weighted by molar-refractivity contribution is -0.307. The van der Waals surface area contributed by atoms with Gasteiger partial charge in [-0.3, -0.25) is 9.69 Å². The molecular weight excluding hydrogens is 671 g/mol. The number of nitrogens with zero attached hydrogens (tertiary/aromatic N) is 1. The van der Waals surface area contributed by atoms with Gasteiger partial charge in [-0.2, -0.15) is 0 Å². The van der Waals surface area contributed by atoms with Crippen LogP contribution in [0.5, 0.6) is 5.75 Å². The molecule has 3 saturated heterocycles. The normalized spacial score (nSPS) is 43.5. The summed E-state index contributed by atoms with van der Waals surface area (Å²) in [5, 5.41) is 28.2. The highest BCUT2D eigenvalue weighted by Crippen LogP contribution is 2.77.